The fourth-order valence-electron chi connectivity index (χ4n) is 5.83. The van der Waals surface area contributed by atoms with Gasteiger partial charge >= 0.3 is 0 Å². The van der Waals surface area contributed by atoms with E-state index in [-0.39, 0.29) is 28.2 Å². The zero-order valence-electron chi connectivity index (χ0n) is 21.5. The first-order valence-corrected chi connectivity index (χ1v) is 14.7. The lowest BCUT2D eigenvalue weighted by molar-refractivity contribution is -0.138. The highest BCUT2D eigenvalue weighted by Gasteiger charge is 2.39. The number of carbonyl (C=O) groups is 2. The molecule has 3 saturated heterocycles. The Kier molecular flexibility index (Phi) is 8.23. The van der Waals surface area contributed by atoms with Crippen molar-refractivity contribution in [2.75, 3.05) is 58.9 Å². The van der Waals surface area contributed by atoms with Crippen LogP contribution in [0, 0.1) is 19.8 Å². The molecule has 0 spiro atoms. The summed E-state index contributed by atoms with van der Waals surface area (Å²) in [4.78, 5) is 35.8. The lowest BCUT2D eigenvalue weighted by Gasteiger charge is -2.38. The lowest BCUT2D eigenvalue weighted by atomic mass is 9.96. The Morgan fingerprint density at radius 1 is 0.857 bits per heavy atom. The van der Waals surface area contributed by atoms with E-state index in [1.807, 2.05) is 4.90 Å². The molecule has 0 saturated carbocycles. The van der Waals surface area contributed by atoms with Crippen molar-refractivity contribution < 1.29 is 18.0 Å². The molecule has 196 valence electrons. The monoisotopic (exact) mass is 507 g/mol. The van der Waals surface area contributed by atoms with Crippen molar-refractivity contribution in [2.24, 2.45) is 5.92 Å². The van der Waals surface area contributed by atoms with Crippen molar-refractivity contribution in [3.8, 4) is 0 Å². The highest BCUT2D eigenvalue weighted by atomic mass is 32.2. The Morgan fingerprint density at radius 2 is 1.49 bits per heavy atom. The SMILES string of the molecule is CCCN1CCN(C(=O)C2CCN(S(=O)(=O)c3c(C)[nH]c(C)c3C(=O)N3CCCCC3)CC2)CC1. The van der Waals surface area contributed by atoms with Gasteiger partial charge < -0.3 is 14.8 Å². The number of hydrogen-bond donors (Lipinski definition) is 1. The number of carbonyl (C=O) groups excluding carboxylic acids is 2. The quantitative estimate of drug-likeness (QED) is 0.637. The van der Waals surface area contributed by atoms with E-state index < -0.39 is 10.0 Å². The largest absolute Gasteiger partial charge is 0.361 e. The number of piperidine rings is 2. The Morgan fingerprint density at radius 3 is 2.09 bits per heavy atom. The Balaban J connectivity index is 1.43. The number of aromatic amines is 1. The molecule has 0 radical (unpaired) electrons. The molecule has 0 unspecified atom stereocenters. The molecule has 3 aliphatic heterocycles. The van der Waals surface area contributed by atoms with Crippen molar-refractivity contribution in [1.82, 2.24) is 24.0 Å². The smallest absolute Gasteiger partial charge is 0.257 e. The van der Waals surface area contributed by atoms with Crippen molar-refractivity contribution in [3.63, 3.8) is 0 Å². The molecule has 3 aliphatic rings. The number of nitrogens with one attached hydrogen (secondary N) is 1. The lowest BCUT2D eigenvalue weighted by Crippen LogP contribution is -2.52. The minimum Gasteiger partial charge on any atom is -0.361 e. The van der Waals surface area contributed by atoms with Crippen LogP contribution in [-0.2, 0) is 14.8 Å². The molecule has 10 heteroatoms. The van der Waals surface area contributed by atoms with Gasteiger partial charge in [0, 0.05) is 69.7 Å². The first kappa shape index (κ1) is 26.2. The molecule has 4 rings (SSSR count). The topological polar surface area (TPSA) is 97.0 Å². The number of amides is 2. The van der Waals surface area contributed by atoms with E-state index in [0.29, 0.717) is 50.4 Å². The summed E-state index contributed by atoms with van der Waals surface area (Å²) in [5, 5.41) is 0. The van der Waals surface area contributed by atoms with Gasteiger partial charge in [0.05, 0.1) is 5.56 Å². The van der Waals surface area contributed by atoms with Gasteiger partial charge in [0.1, 0.15) is 4.90 Å². The van der Waals surface area contributed by atoms with Gasteiger partial charge in [-0.25, -0.2) is 8.42 Å². The van der Waals surface area contributed by atoms with Gasteiger partial charge in [-0.3, -0.25) is 14.5 Å². The van der Waals surface area contributed by atoms with Crippen LogP contribution in [0.4, 0.5) is 0 Å². The predicted octanol–water partition coefficient (Wildman–Crippen LogP) is 2.21. The molecule has 4 heterocycles. The summed E-state index contributed by atoms with van der Waals surface area (Å²) in [6.45, 7) is 12.0. The van der Waals surface area contributed by atoms with Crippen LogP contribution in [0.25, 0.3) is 0 Å². The van der Waals surface area contributed by atoms with Crippen LogP contribution in [0.3, 0.4) is 0 Å². The maximum atomic E-state index is 13.7. The summed E-state index contributed by atoms with van der Waals surface area (Å²) in [7, 11) is -3.85. The van der Waals surface area contributed by atoms with Crippen molar-refractivity contribution in [3.05, 3.63) is 17.0 Å². The van der Waals surface area contributed by atoms with Crippen molar-refractivity contribution >= 4 is 21.8 Å². The van der Waals surface area contributed by atoms with Crippen LogP contribution in [0.1, 0.15) is 67.2 Å². The van der Waals surface area contributed by atoms with E-state index in [1.165, 1.54) is 4.31 Å². The second-order valence-electron chi connectivity index (χ2n) is 10.3. The maximum absolute atomic E-state index is 13.7. The second-order valence-corrected chi connectivity index (χ2v) is 12.2. The molecule has 0 aromatic carbocycles. The summed E-state index contributed by atoms with van der Waals surface area (Å²) in [6, 6.07) is 0. The Bertz CT molecular complexity index is 1010. The number of aromatic nitrogens is 1. The number of likely N-dealkylation sites (tertiary alicyclic amines) is 1. The van der Waals surface area contributed by atoms with Crippen LogP contribution in [0.15, 0.2) is 4.90 Å². The molecule has 9 nitrogen and oxygen atoms in total. The summed E-state index contributed by atoms with van der Waals surface area (Å²) in [5.41, 5.74) is 1.39. The molecule has 1 aromatic rings. The second kappa shape index (κ2) is 11.0. The van der Waals surface area contributed by atoms with E-state index in [9.17, 15) is 18.0 Å². The summed E-state index contributed by atoms with van der Waals surface area (Å²) < 4.78 is 29.0. The van der Waals surface area contributed by atoms with Crippen LogP contribution in [0.5, 0.6) is 0 Å². The average Bonchev–Trinajstić information content (AvgIpc) is 3.18. The third-order valence-electron chi connectivity index (χ3n) is 7.80. The molecule has 2 amide bonds. The predicted molar refractivity (Wildman–Crippen MR) is 135 cm³/mol. The molecule has 35 heavy (non-hydrogen) atoms. The standard InChI is InChI=1S/C25H41N5O4S/c1-4-10-27-15-17-29(18-16-27)24(31)21-8-13-30(14-9-21)35(33,34)23-20(3)26-19(2)22(23)25(32)28-11-6-5-7-12-28/h21,26H,4-18H2,1-3H3. The Hall–Kier alpha value is -1.91. The van der Waals surface area contributed by atoms with Crippen molar-refractivity contribution in [2.45, 2.75) is 64.2 Å². The summed E-state index contributed by atoms with van der Waals surface area (Å²) in [5.74, 6) is -0.173. The molecule has 0 atom stereocenters. The van der Waals surface area contributed by atoms with E-state index in [4.69, 9.17) is 0 Å². The highest BCUT2D eigenvalue weighted by molar-refractivity contribution is 7.89. The fourth-order valence-corrected chi connectivity index (χ4v) is 7.72. The zero-order chi connectivity index (χ0) is 25.2. The molecule has 0 aliphatic carbocycles. The molecule has 3 fully saturated rings. The van der Waals surface area contributed by atoms with Gasteiger partial charge in [-0.1, -0.05) is 6.92 Å². The van der Waals surface area contributed by atoms with E-state index in [2.05, 4.69) is 16.8 Å². The number of hydrogen-bond acceptors (Lipinski definition) is 5. The van der Waals surface area contributed by atoms with Crippen LogP contribution >= 0.6 is 0 Å². The summed E-state index contributed by atoms with van der Waals surface area (Å²) in [6.07, 6.45) is 5.15. The van der Waals surface area contributed by atoms with E-state index in [1.54, 1.807) is 18.7 Å². The van der Waals surface area contributed by atoms with Gasteiger partial charge in [0.25, 0.3) is 5.91 Å². The van der Waals surface area contributed by atoms with Gasteiger partial charge in [0.2, 0.25) is 15.9 Å². The first-order valence-electron chi connectivity index (χ1n) is 13.2. The molecular weight excluding hydrogens is 466 g/mol. The number of rotatable bonds is 6. The van der Waals surface area contributed by atoms with Gasteiger partial charge in [-0.05, 0) is 58.9 Å². The third kappa shape index (κ3) is 5.44. The molecule has 1 aromatic heterocycles. The fraction of sp³-hybridized carbons (Fsp3) is 0.760. The van der Waals surface area contributed by atoms with E-state index in [0.717, 1.165) is 58.4 Å². The maximum Gasteiger partial charge on any atom is 0.257 e. The molecule has 1 N–H and O–H groups in total. The third-order valence-corrected chi connectivity index (χ3v) is 9.87. The number of sulfonamides is 1. The number of H-pyrrole nitrogens is 1. The normalized spacial score (nSPS) is 21.5. The first-order chi connectivity index (χ1) is 16.7. The van der Waals surface area contributed by atoms with Gasteiger partial charge in [0.15, 0.2) is 0 Å². The average molecular weight is 508 g/mol. The van der Waals surface area contributed by atoms with Crippen LogP contribution in [-0.4, -0.2) is 103 Å². The van der Waals surface area contributed by atoms with Gasteiger partial charge in [-0.15, -0.1) is 0 Å². The van der Waals surface area contributed by atoms with Crippen LogP contribution < -0.4 is 0 Å². The van der Waals surface area contributed by atoms with E-state index >= 15 is 0 Å². The van der Waals surface area contributed by atoms with Crippen LogP contribution in [0.2, 0.25) is 0 Å². The summed E-state index contributed by atoms with van der Waals surface area (Å²) >= 11 is 0. The minimum absolute atomic E-state index is 0.113. The number of piperazine rings is 1. The molecule has 0 bridgehead atoms. The molecular formula is C25H41N5O4S. The highest BCUT2D eigenvalue weighted by Crippen LogP contribution is 2.32. The van der Waals surface area contributed by atoms with Crippen molar-refractivity contribution in [1.29, 1.82) is 0 Å². The Labute approximate surface area is 209 Å². The number of aryl methyl sites for hydroxylation is 2. The van der Waals surface area contributed by atoms with Gasteiger partial charge in [-0.2, -0.15) is 4.31 Å². The number of nitrogens with zero attached hydrogens (tertiary/aromatic N) is 4. The zero-order valence-corrected chi connectivity index (χ0v) is 22.3. The minimum atomic E-state index is -3.85.